The van der Waals surface area contributed by atoms with Crippen LogP contribution in [0.1, 0.15) is 6.42 Å². The fourth-order valence-corrected chi connectivity index (χ4v) is 1.11. The standard InChI is InChI=1S/C8H11NO4/c1-2-7(11)13-8(12)6-3-5(10)4-9-6/h2,5-6,9-10H,1,3-4H2/t5?,6-/m0/s1. The van der Waals surface area contributed by atoms with Crippen molar-refractivity contribution < 1.29 is 19.4 Å². The van der Waals surface area contributed by atoms with Crippen LogP contribution in [0, 0.1) is 0 Å². The van der Waals surface area contributed by atoms with E-state index >= 15 is 0 Å². The zero-order chi connectivity index (χ0) is 9.84. The largest absolute Gasteiger partial charge is 0.392 e. The van der Waals surface area contributed by atoms with Gasteiger partial charge < -0.3 is 15.2 Å². The minimum absolute atomic E-state index is 0.281. The molecule has 5 heteroatoms. The highest BCUT2D eigenvalue weighted by atomic mass is 16.6. The predicted molar refractivity (Wildman–Crippen MR) is 43.7 cm³/mol. The summed E-state index contributed by atoms with van der Waals surface area (Å²) >= 11 is 0. The van der Waals surface area contributed by atoms with Crippen LogP contribution in [0.3, 0.4) is 0 Å². The van der Waals surface area contributed by atoms with E-state index in [0.717, 1.165) is 6.08 Å². The van der Waals surface area contributed by atoms with Crippen molar-refractivity contribution in [1.82, 2.24) is 5.32 Å². The highest BCUT2D eigenvalue weighted by Gasteiger charge is 2.30. The highest BCUT2D eigenvalue weighted by molar-refractivity contribution is 5.93. The van der Waals surface area contributed by atoms with Gasteiger partial charge in [0.1, 0.15) is 6.04 Å². The summed E-state index contributed by atoms with van der Waals surface area (Å²) in [5, 5.41) is 11.8. The van der Waals surface area contributed by atoms with Gasteiger partial charge in [-0.05, 0) is 0 Å². The molecule has 2 N–H and O–H groups in total. The van der Waals surface area contributed by atoms with Crippen LogP contribution in [-0.4, -0.2) is 35.7 Å². The van der Waals surface area contributed by atoms with Crippen molar-refractivity contribution in [1.29, 1.82) is 0 Å². The van der Waals surface area contributed by atoms with Gasteiger partial charge in [-0.15, -0.1) is 0 Å². The number of aliphatic hydroxyl groups is 1. The second kappa shape index (κ2) is 4.15. The number of carbonyl (C=O) groups excluding carboxylic acids is 2. The van der Waals surface area contributed by atoms with Crippen molar-refractivity contribution in [2.45, 2.75) is 18.6 Å². The molecule has 0 aliphatic carbocycles. The Morgan fingerprint density at radius 3 is 2.77 bits per heavy atom. The van der Waals surface area contributed by atoms with Gasteiger partial charge >= 0.3 is 11.9 Å². The van der Waals surface area contributed by atoms with Crippen molar-refractivity contribution in [3.63, 3.8) is 0 Å². The average molecular weight is 185 g/mol. The molecule has 0 saturated carbocycles. The summed E-state index contributed by atoms with van der Waals surface area (Å²) in [6.07, 6.45) is 0.656. The quantitative estimate of drug-likeness (QED) is 0.326. The summed E-state index contributed by atoms with van der Waals surface area (Å²) in [6.45, 7) is 3.51. The molecule has 1 heterocycles. The Hall–Kier alpha value is -1.20. The van der Waals surface area contributed by atoms with Crippen molar-refractivity contribution >= 4 is 11.9 Å². The summed E-state index contributed by atoms with van der Waals surface area (Å²) in [4.78, 5) is 21.7. The van der Waals surface area contributed by atoms with Gasteiger partial charge in [0.2, 0.25) is 0 Å². The summed E-state index contributed by atoms with van der Waals surface area (Å²) in [6, 6.07) is -0.584. The van der Waals surface area contributed by atoms with E-state index in [2.05, 4.69) is 16.6 Å². The Kier molecular flexibility index (Phi) is 3.16. The Bertz CT molecular complexity index is 238. The molecule has 72 valence electrons. The Morgan fingerprint density at radius 2 is 2.31 bits per heavy atom. The number of rotatable bonds is 2. The SMILES string of the molecule is C=CC(=O)OC(=O)[C@@H]1CC(O)CN1. The third kappa shape index (κ3) is 2.64. The predicted octanol–water partition coefficient (Wildman–Crippen LogP) is -1.04. The first-order chi connectivity index (χ1) is 6.13. The zero-order valence-corrected chi connectivity index (χ0v) is 7.03. The number of hydrogen-bond acceptors (Lipinski definition) is 5. The summed E-state index contributed by atoms with van der Waals surface area (Å²) < 4.78 is 4.36. The molecule has 1 saturated heterocycles. The van der Waals surface area contributed by atoms with Gasteiger partial charge in [-0.25, -0.2) is 9.59 Å². The lowest BCUT2D eigenvalue weighted by molar-refractivity contribution is -0.157. The van der Waals surface area contributed by atoms with Crippen molar-refractivity contribution in [3.05, 3.63) is 12.7 Å². The van der Waals surface area contributed by atoms with Crippen LogP contribution < -0.4 is 5.32 Å². The summed E-state index contributed by atoms with van der Waals surface area (Å²) in [7, 11) is 0. The Balaban J connectivity index is 2.40. The molecule has 1 unspecified atom stereocenters. The van der Waals surface area contributed by atoms with E-state index in [4.69, 9.17) is 5.11 Å². The first kappa shape index (κ1) is 9.88. The molecule has 0 aromatic rings. The maximum atomic E-state index is 11.1. The van der Waals surface area contributed by atoms with Crippen LogP contribution in [0.5, 0.6) is 0 Å². The van der Waals surface area contributed by atoms with Gasteiger partial charge in [0.05, 0.1) is 6.10 Å². The zero-order valence-electron chi connectivity index (χ0n) is 7.03. The Morgan fingerprint density at radius 1 is 1.62 bits per heavy atom. The number of nitrogens with one attached hydrogen (secondary N) is 1. The molecular formula is C8H11NO4. The van der Waals surface area contributed by atoms with Gasteiger partial charge in [-0.2, -0.15) is 0 Å². The second-order valence-corrected chi connectivity index (χ2v) is 2.79. The van der Waals surface area contributed by atoms with Crippen LogP contribution >= 0.6 is 0 Å². The number of esters is 2. The molecule has 0 aromatic carbocycles. The van der Waals surface area contributed by atoms with Gasteiger partial charge in [0, 0.05) is 19.0 Å². The van der Waals surface area contributed by atoms with E-state index in [1.165, 1.54) is 0 Å². The van der Waals surface area contributed by atoms with Crippen LogP contribution in [0.15, 0.2) is 12.7 Å². The maximum Gasteiger partial charge on any atom is 0.337 e. The van der Waals surface area contributed by atoms with Crippen molar-refractivity contribution in [2.75, 3.05) is 6.54 Å². The molecule has 0 radical (unpaired) electrons. The second-order valence-electron chi connectivity index (χ2n) is 2.79. The molecular weight excluding hydrogens is 174 g/mol. The van der Waals surface area contributed by atoms with Crippen LogP contribution in [0.4, 0.5) is 0 Å². The lowest BCUT2D eigenvalue weighted by Crippen LogP contribution is -2.33. The van der Waals surface area contributed by atoms with Crippen molar-refractivity contribution in [2.24, 2.45) is 0 Å². The lowest BCUT2D eigenvalue weighted by Gasteiger charge is -2.06. The first-order valence-corrected chi connectivity index (χ1v) is 3.93. The molecule has 1 rings (SSSR count). The molecule has 0 aromatic heterocycles. The fraction of sp³-hybridized carbons (Fsp3) is 0.500. The van der Waals surface area contributed by atoms with Crippen molar-refractivity contribution in [3.8, 4) is 0 Å². The molecule has 2 atom stereocenters. The monoisotopic (exact) mass is 185 g/mol. The molecule has 1 aliphatic heterocycles. The number of hydrogen-bond donors (Lipinski definition) is 2. The van der Waals surface area contributed by atoms with Crippen LogP contribution in [0.2, 0.25) is 0 Å². The van der Waals surface area contributed by atoms with Gasteiger partial charge in [-0.1, -0.05) is 6.58 Å². The molecule has 5 nitrogen and oxygen atoms in total. The number of aliphatic hydroxyl groups excluding tert-OH is 1. The molecule has 0 amide bonds. The average Bonchev–Trinajstić information content (AvgIpc) is 2.51. The van der Waals surface area contributed by atoms with E-state index in [1.54, 1.807) is 0 Å². The van der Waals surface area contributed by atoms with E-state index in [9.17, 15) is 9.59 Å². The van der Waals surface area contributed by atoms with Gasteiger partial charge in [-0.3, -0.25) is 0 Å². The summed E-state index contributed by atoms with van der Waals surface area (Å²) in [5.41, 5.74) is 0. The first-order valence-electron chi connectivity index (χ1n) is 3.93. The topological polar surface area (TPSA) is 75.6 Å². The van der Waals surface area contributed by atoms with E-state index in [-0.39, 0.29) is 6.42 Å². The van der Waals surface area contributed by atoms with Gasteiger partial charge in [0.15, 0.2) is 0 Å². The highest BCUT2D eigenvalue weighted by Crippen LogP contribution is 2.07. The van der Waals surface area contributed by atoms with E-state index < -0.39 is 24.1 Å². The summed E-state index contributed by atoms with van der Waals surface area (Å²) in [5.74, 6) is -1.44. The van der Waals surface area contributed by atoms with E-state index in [0.29, 0.717) is 6.54 Å². The third-order valence-electron chi connectivity index (χ3n) is 1.76. The van der Waals surface area contributed by atoms with Crippen LogP contribution in [0.25, 0.3) is 0 Å². The molecule has 13 heavy (non-hydrogen) atoms. The molecule has 1 aliphatic rings. The fourth-order valence-electron chi connectivity index (χ4n) is 1.11. The maximum absolute atomic E-state index is 11.1. The number of carbonyl (C=O) groups is 2. The smallest absolute Gasteiger partial charge is 0.337 e. The van der Waals surface area contributed by atoms with Gasteiger partial charge in [0.25, 0.3) is 0 Å². The minimum Gasteiger partial charge on any atom is -0.392 e. The number of ether oxygens (including phenoxy) is 1. The molecule has 0 bridgehead atoms. The number of β-amino-alcohol motifs (C(OH)–C–C–N with tert-alkyl or cyclic N) is 1. The molecule has 1 fully saturated rings. The van der Waals surface area contributed by atoms with E-state index in [1.807, 2.05) is 0 Å². The Labute approximate surface area is 75.4 Å². The normalized spacial score (nSPS) is 26.8. The third-order valence-corrected chi connectivity index (χ3v) is 1.76. The molecule has 0 spiro atoms. The minimum atomic E-state index is -0.770. The lowest BCUT2D eigenvalue weighted by atomic mass is 10.2. The van der Waals surface area contributed by atoms with Crippen LogP contribution in [-0.2, 0) is 14.3 Å².